The van der Waals surface area contributed by atoms with Crippen molar-refractivity contribution in [2.24, 2.45) is 0 Å². The Morgan fingerprint density at radius 3 is 2.35 bits per heavy atom. The molecule has 172 valence electrons. The molecule has 34 heavy (non-hydrogen) atoms. The van der Waals surface area contributed by atoms with E-state index in [1.807, 2.05) is 36.4 Å². The average Bonchev–Trinajstić information content (AvgIpc) is 3.19. The molecule has 2 atom stereocenters. The van der Waals surface area contributed by atoms with Crippen molar-refractivity contribution < 1.29 is 19.7 Å². The molecule has 0 saturated carbocycles. The maximum Gasteiger partial charge on any atom is 0.407 e. The van der Waals surface area contributed by atoms with E-state index in [1.54, 1.807) is 18.2 Å². The third-order valence-electron chi connectivity index (χ3n) is 6.29. The number of fused-ring (bicyclic) bond motifs is 4. The average molecular weight is 456 g/mol. The van der Waals surface area contributed by atoms with Gasteiger partial charge in [0.2, 0.25) is 0 Å². The van der Waals surface area contributed by atoms with Gasteiger partial charge in [-0.25, -0.2) is 4.79 Å². The van der Waals surface area contributed by atoms with Gasteiger partial charge in [-0.2, -0.15) is 0 Å². The molecule has 7 nitrogen and oxygen atoms in total. The van der Waals surface area contributed by atoms with E-state index in [1.165, 1.54) is 12.3 Å². The number of hydrogen-bond acceptors (Lipinski definition) is 5. The maximum absolute atomic E-state index is 12.3. The number of ether oxygens (including phenoxy) is 1. The second kappa shape index (κ2) is 9.13. The first-order valence-electron chi connectivity index (χ1n) is 11.1. The number of hydrogen-bond donors (Lipinski definition) is 4. The molecule has 7 heteroatoms. The Labute approximate surface area is 195 Å². The lowest BCUT2D eigenvalue weighted by Gasteiger charge is -2.19. The number of rotatable bonds is 6. The molecular formula is C27H24N2O5. The van der Waals surface area contributed by atoms with Crippen molar-refractivity contribution in [2.45, 2.75) is 18.1 Å². The van der Waals surface area contributed by atoms with Gasteiger partial charge < -0.3 is 25.3 Å². The molecule has 0 spiro atoms. The van der Waals surface area contributed by atoms with E-state index in [0.717, 1.165) is 22.3 Å². The lowest BCUT2D eigenvalue weighted by molar-refractivity contribution is 0.0186. The molecule has 0 bridgehead atoms. The van der Waals surface area contributed by atoms with Crippen molar-refractivity contribution in [3.8, 4) is 11.1 Å². The summed E-state index contributed by atoms with van der Waals surface area (Å²) in [5, 5.41) is 23.9. The molecule has 1 heterocycles. The van der Waals surface area contributed by atoms with Crippen LogP contribution in [0.5, 0.6) is 0 Å². The van der Waals surface area contributed by atoms with E-state index in [4.69, 9.17) is 4.74 Å². The minimum Gasteiger partial charge on any atom is -0.449 e. The fourth-order valence-electron chi connectivity index (χ4n) is 4.55. The minimum absolute atomic E-state index is 0.0616. The van der Waals surface area contributed by atoms with Crippen molar-refractivity contribution in [3.05, 3.63) is 106 Å². The standard InChI is InChI=1S/C27H24N2O5/c30-24-11-12-28-23-13-16(9-10-21(23)24)26(32)25(31)14-29-27(33)34-15-22-19-7-3-1-5-17(19)18-6-2-4-8-20(18)22/h1-13,22,25-26,31-32H,14-15H2,(H,28,30)(H,29,33). The molecule has 1 aromatic heterocycles. The van der Waals surface area contributed by atoms with Gasteiger partial charge in [-0.05, 0) is 39.9 Å². The number of benzene rings is 3. The number of carbonyl (C=O) groups is 1. The van der Waals surface area contributed by atoms with Gasteiger partial charge in [-0.15, -0.1) is 0 Å². The molecule has 4 aromatic rings. The van der Waals surface area contributed by atoms with Gasteiger partial charge in [0.1, 0.15) is 18.8 Å². The van der Waals surface area contributed by atoms with Crippen LogP contribution in [0.1, 0.15) is 28.7 Å². The summed E-state index contributed by atoms with van der Waals surface area (Å²) in [6.07, 6.45) is -1.65. The summed E-state index contributed by atoms with van der Waals surface area (Å²) in [5.41, 5.74) is 5.36. The summed E-state index contributed by atoms with van der Waals surface area (Å²) in [5.74, 6) is -0.0616. The minimum atomic E-state index is -1.26. The van der Waals surface area contributed by atoms with E-state index in [0.29, 0.717) is 16.5 Å². The molecule has 4 N–H and O–H groups in total. The van der Waals surface area contributed by atoms with Gasteiger partial charge >= 0.3 is 6.09 Å². The third kappa shape index (κ3) is 4.07. The lowest BCUT2D eigenvalue weighted by Crippen LogP contribution is -2.36. The number of amides is 1. The number of pyridine rings is 1. The number of H-pyrrole nitrogens is 1. The Balaban J connectivity index is 1.19. The molecule has 1 aliphatic carbocycles. The molecule has 1 aliphatic rings. The summed E-state index contributed by atoms with van der Waals surface area (Å²) in [6.45, 7) is -0.0300. The van der Waals surface area contributed by atoms with Crippen molar-refractivity contribution in [1.29, 1.82) is 0 Å². The first kappa shape index (κ1) is 21.9. The van der Waals surface area contributed by atoms with E-state index in [9.17, 15) is 19.8 Å². The SMILES string of the molecule is O=C(NCC(O)C(O)c1ccc2c(=O)cc[nH]c2c1)OCC1c2ccccc2-c2ccccc21. The van der Waals surface area contributed by atoms with Gasteiger partial charge in [0.05, 0.1) is 0 Å². The first-order valence-corrected chi connectivity index (χ1v) is 11.1. The summed E-state index contributed by atoms with van der Waals surface area (Å²) in [4.78, 5) is 27.2. The summed E-state index contributed by atoms with van der Waals surface area (Å²) >= 11 is 0. The second-order valence-corrected chi connectivity index (χ2v) is 8.37. The van der Waals surface area contributed by atoms with Crippen molar-refractivity contribution in [2.75, 3.05) is 13.2 Å². The van der Waals surface area contributed by atoms with E-state index in [-0.39, 0.29) is 24.5 Å². The van der Waals surface area contributed by atoms with E-state index in [2.05, 4.69) is 22.4 Å². The molecule has 0 saturated heterocycles. The zero-order chi connectivity index (χ0) is 23.7. The third-order valence-corrected chi connectivity index (χ3v) is 6.29. The molecule has 3 aromatic carbocycles. The monoisotopic (exact) mass is 456 g/mol. The number of aliphatic hydroxyl groups excluding tert-OH is 2. The highest BCUT2D eigenvalue weighted by atomic mass is 16.5. The zero-order valence-electron chi connectivity index (χ0n) is 18.3. The van der Waals surface area contributed by atoms with E-state index < -0.39 is 18.3 Å². The van der Waals surface area contributed by atoms with Gasteiger partial charge in [0, 0.05) is 35.6 Å². The number of aromatic nitrogens is 1. The molecule has 5 rings (SSSR count). The number of nitrogens with one attached hydrogen (secondary N) is 2. The Kier molecular flexibility index (Phi) is 5.88. The van der Waals surface area contributed by atoms with Crippen LogP contribution < -0.4 is 10.7 Å². The van der Waals surface area contributed by atoms with Gasteiger partial charge in [0.25, 0.3) is 0 Å². The van der Waals surface area contributed by atoms with Crippen LogP contribution in [0.15, 0.2) is 83.8 Å². The predicted molar refractivity (Wildman–Crippen MR) is 129 cm³/mol. The van der Waals surface area contributed by atoms with Crippen LogP contribution in [-0.4, -0.2) is 40.5 Å². The predicted octanol–water partition coefficient (Wildman–Crippen LogP) is 3.46. The van der Waals surface area contributed by atoms with Crippen LogP contribution in [0.4, 0.5) is 4.79 Å². The summed E-state index contributed by atoms with van der Waals surface area (Å²) < 4.78 is 5.46. The van der Waals surface area contributed by atoms with Crippen LogP contribution >= 0.6 is 0 Å². The van der Waals surface area contributed by atoms with Crippen LogP contribution in [0.25, 0.3) is 22.0 Å². The lowest BCUT2D eigenvalue weighted by atomic mass is 9.98. The van der Waals surface area contributed by atoms with Crippen molar-refractivity contribution >= 4 is 17.0 Å². The highest BCUT2D eigenvalue weighted by Crippen LogP contribution is 2.44. The molecule has 1 amide bonds. The normalized spacial score (nSPS) is 14.3. The topological polar surface area (TPSA) is 112 Å². The van der Waals surface area contributed by atoms with Gasteiger partial charge in [-0.1, -0.05) is 54.6 Å². The highest BCUT2D eigenvalue weighted by molar-refractivity contribution is 5.80. The van der Waals surface area contributed by atoms with Gasteiger partial charge in [0.15, 0.2) is 5.43 Å². The first-order chi connectivity index (χ1) is 16.5. The van der Waals surface area contributed by atoms with Gasteiger partial charge in [-0.3, -0.25) is 4.79 Å². The Morgan fingerprint density at radius 2 is 1.65 bits per heavy atom. The fraction of sp³-hybridized carbons (Fsp3) is 0.185. The van der Waals surface area contributed by atoms with Crippen LogP contribution in [-0.2, 0) is 4.74 Å². The number of aliphatic hydroxyl groups is 2. The number of aromatic amines is 1. The fourth-order valence-corrected chi connectivity index (χ4v) is 4.55. The molecule has 2 unspecified atom stereocenters. The van der Waals surface area contributed by atoms with Crippen molar-refractivity contribution in [3.63, 3.8) is 0 Å². The largest absolute Gasteiger partial charge is 0.449 e. The molecule has 0 radical (unpaired) electrons. The molecule has 0 fully saturated rings. The Morgan fingerprint density at radius 1 is 0.971 bits per heavy atom. The van der Waals surface area contributed by atoms with Crippen LogP contribution in [0.3, 0.4) is 0 Å². The highest BCUT2D eigenvalue weighted by Gasteiger charge is 2.29. The zero-order valence-corrected chi connectivity index (χ0v) is 18.3. The van der Waals surface area contributed by atoms with Crippen LogP contribution in [0, 0.1) is 0 Å². The summed E-state index contributed by atoms with van der Waals surface area (Å²) in [7, 11) is 0. The number of carbonyl (C=O) groups excluding carboxylic acids is 1. The van der Waals surface area contributed by atoms with Crippen molar-refractivity contribution in [1.82, 2.24) is 10.3 Å². The second-order valence-electron chi connectivity index (χ2n) is 8.37. The quantitative estimate of drug-likeness (QED) is 0.355. The Bertz CT molecular complexity index is 1370. The smallest absolute Gasteiger partial charge is 0.407 e. The van der Waals surface area contributed by atoms with Crippen LogP contribution in [0.2, 0.25) is 0 Å². The Hall–Kier alpha value is -3.94. The maximum atomic E-state index is 12.3. The summed E-state index contributed by atoms with van der Waals surface area (Å²) in [6, 6.07) is 22.3. The molecular weight excluding hydrogens is 432 g/mol. The van der Waals surface area contributed by atoms with E-state index >= 15 is 0 Å². The number of alkyl carbamates (subject to hydrolysis) is 1. The molecule has 0 aliphatic heterocycles.